The van der Waals surface area contributed by atoms with Gasteiger partial charge in [0.25, 0.3) is 0 Å². The van der Waals surface area contributed by atoms with Crippen molar-refractivity contribution in [1.29, 1.82) is 0 Å². The lowest BCUT2D eigenvalue weighted by Crippen LogP contribution is -2.00. The van der Waals surface area contributed by atoms with E-state index in [0.717, 1.165) is 66.7 Å². The van der Waals surface area contributed by atoms with E-state index in [4.69, 9.17) is 19.4 Å². The summed E-state index contributed by atoms with van der Waals surface area (Å²) >= 11 is 0. The van der Waals surface area contributed by atoms with E-state index in [2.05, 4.69) is 63.5 Å². The standard InChI is InChI=1S/C42H26N6O/c1-3-10-29(11-4-1)40-46-41(30-12-5-2-6-13-30)48-42(47-40)34-23-32(22-33(24-34)31-14-9-21-43-25-31)27-17-19-28(20-18-27)37-39-38(45-26-44-37)35-15-7-8-16-36(35)49-39/h1-26H. The summed E-state index contributed by atoms with van der Waals surface area (Å²) in [7, 11) is 0. The Balaban J connectivity index is 1.18. The fraction of sp³-hybridized carbons (Fsp3) is 0. The normalized spacial score (nSPS) is 11.3. The summed E-state index contributed by atoms with van der Waals surface area (Å²) in [5.74, 6) is 1.82. The van der Waals surface area contributed by atoms with Crippen molar-refractivity contribution in [1.82, 2.24) is 29.9 Å². The maximum Gasteiger partial charge on any atom is 0.180 e. The first-order valence-electron chi connectivity index (χ1n) is 15.9. The molecule has 0 aliphatic heterocycles. The van der Waals surface area contributed by atoms with Gasteiger partial charge in [-0.05, 0) is 53.1 Å². The van der Waals surface area contributed by atoms with E-state index in [9.17, 15) is 0 Å². The van der Waals surface area contributed by atoms with Gasteiger partial charge in [-0.2, -0.15) is 0 Å². The third-order valence-corrected chi connectivity index (χ3v) is 8.54. The molecule has 9 rings (SSSR count). The minimum atomic E-state index is 0.588. The molecule has 0 N–H and O–H groups in total. The summed E-state index contributed by atoms with van der Waals surface area (Å²) in [6, 6.07) is 46.7. The van der Waals surface area contributed by atoms with Gasteiger partial charge in [-0.25, -0.2) is 24.9 Å². The number of para-hydroxylation sites is 1. The second kappa shape index (κ2) is 12.1. The Hall–Kier alpha value is -6.86. The first-order chi connectivity index (χ1) is 24.3. The van der Waals surface area contributed by atoms with E-state index < -0.39 is 0 Å². The Morgan fingerprint density at radius 3 is 1.67 bits per heavy atom. The molecule has 7 nitrogen and oxygen atoms in total. The summed E-state index contributed by atoms with van der Waals surface area (Å²) in [6.45, 7) is 0. The van der Waals surface area contributed by atoms with Gasteiger partial charge in [0, 0.05) is 45.6 Å². The average Bonchev–Trinajstić information content (AvgIpc) is 3.58. The van der Waals surface area contributed by atoms with E-state index in [1.165, 1.54) is 0 Å². The molecule has 0 unspecified atom stereocenters. The minimum Gasteiger partial charge on any atom is -0.452 e. The number of furan rings is 1. The quantitative estimate of drug-likeness (QED) is 0.181. The molecule has 230 valence electrons. The van der Waals surface area contributed by atoms with Crippen LogP contribution in [0.5, 0.6) is 0 Å². The Bertz CT molecular complexity index is 2530. The molecule has 0 fully saturated rings. The molecule has 0 saturated carbocycles. The van der Waals surface area contributed by atoms with Gasteiger partial charge in [0.05, 0.1) is 0 Å². The molecule has 0 aliphatic rings. The lowest BCUT2D eigenvalue weighted by molar-refractivity contribution is 0.667. The van der Waals surface area contributed by atoms with Crippen molar-refractivity contribution in [2.45, 2.75) is 0 Å². The lowest BCUT2D eigenvalue weighted by atomic mass is 9.95. The zero-order valence-electron chi connectivity index (χ0n) is 26.1. The molecule has 4 aromatic heterocycles. The van der Waals surface area contributed by atoms with Crippen molar-refractivity contribution in [2.75, 3.05) is 0 Å². The van der Waals surface area contributed by atoms with Crippen molar-refractivity contribution in [2.24, 2.45) is 0 Å². The number of rotatable bonds is 6. The molecule has 4 heterocycles. The Morgan fingerprint density at radius 1 is 0.429 bits per heavy atom. The predicted molar refractivity (Wildman–Crippen MR) is 193 cm³/mol. The van der Waals surface area contributed by atoms with E-state index in [1.807, 2.05) is 97.2 Å². The van der Waals surface area contributed by atoms with Crippen molar-refractivity contribution in [3.8, 4) is 67.7 Å². The van der Waals surface area contributed by atoms with E-state index in [1.54, 1.807) is 12.5 Å². The Kier molecular flexibility index (Phi) is 6.98. The number of nitrogens with zero attached hydrogens (tertiary/aromatic N) is 6. The number of fused-ring (bicyclic) bond motifs is 3. The van der Waals surface area contributed by atoms with Gasteiger partial charge in [0.1, 0.15) is 23.1 Å². The first kappa shape index (κ1) is 28.4. The van der Waals surface area contributed by atoms with Gasteiger partial charge >= 0.3 is 0 Å². The molecule has 0 bridgehead atoms. The van der Waals surface area contributed by atoms with Crippen LogP contribution in [0.15, 0.2) is 163 Å². The summed E-state index contributed by atoms with van der Waals surface area (Å²) in [5.41, 5.74) is 10.7. The molecular weight excluding hydrogens is 605 g/mol. The molecule has 0 amide bonds. The molecule has 49 heavy (non-hydrogen) atoms. The van der Waals surface area contributed by atoms with Crippen LogP contribution in [0.3, 0.4) is 0 Å². The van der Waals surface area contributed by atoms with Crippen LogP contribution >= 0.6 is 0 Å². The van der Waals surface area contributed by atoms with Gasteiger partial charge in [-0.1, -0.05) is 103 Å². The highest BCUT2D eigenvalue weighted by Crippen LogP contribution is 2.36. The fourth-order valence-corrected chi connectivity index (χ4v) is 6.11. The van der Waals surface area contributed by atoms with Crippen molar-refractivity contribution in [3.63, 3.8) is 0 Å². The molecule has 0 spiro atoms. The highest BCUT2D eigenvalue weighted by molar-refractivity contribution is 6.06. The van der Waals surface area contributed by atoms with E-state index in [0.29, 0.717) is 23.1 Å². The summed E-state index contributed by atoms with van der Waals surface area (Å²) in [4.78, 5) is 28.4. The Morgan fingerprint density at radius 2 is 1.00 bits per heavy atom. The second-order valence-electron chi connectivity index (χ2n) is 11.7. The summed E-state index contributed by atoms with van der Waals surface area (Å²) < 4.78 is 6.22. The van der Waals surface area contributed by atoms with E-state index >= 15 is 0 Å². The molecule has 7 heteroatoms. The van der Waals surface area contributed by atoms with Crippen molar-refractivity contribution >= 4 is 22.1 Å². The summed E-state index contributed by atoms with van der Waals surface area (Å²) in [5, 5.41) is 0.974. The maximum absolute atomic E-state index is 6.22. The second-order valence-corrected chi connectivity index (χ2v) is 11.7. The zero-order valence-corrected chi connectivity index (χ0v) is 26.1. The van der Waals surface area contributed by atoms with Gasteiger partial charge in [-0.3, -0.25) is 4.98 Å². The summed E-state index contributed by atoms with van der Waals surface area (Å²) in [6.07, 6.45) is 5.25. The number of aromatic nitrogens is 6. The smallest absolute Gasteiger partial charge is 0.180 e. The topological polar surface area (TPSA) is 90.5 Å². The molecule has 0 atom stereocenters. The molecule has 9 aromatic rings. The van der Waals surface area contributed by atoms with Crippen LogP contribution in [0.4, 0.5) is 0 Å². The number of benzene rings is 5. The highest BCUT2D eigenvalue weighted by Gasteiger charge is 2.17. The number of hydrogen-bond acceptors (Lipinski definition) is 7. The van der Waals surface area contributed by atoms with E-state index in [-0.39, 0.29) is 0 Å². The fourth-order valence-electron chi connectivity index (χ4n) is 6.11. The number of pyridine rings is 1. The monoisotopic (exact) mass is 630 g/mol. The lowest BCUT2D eigenvalue weighted by Gasteiger charge is -2.12. The molecule has 5 aromatic carbocycles. The van der Waals surface area contributed by atoms with Gasteiger partial charge in [0.2, 0.25) is 0 Å². The predicted octanol–water partition coefficient (Wildman–Crippen LogP) is 9.96. The SMILES string of the molecule is c1ccc(-c2nc(-c3ccccc3)nc(-c3cc(-c4ccc(-c5ncnc6c5oc5ccccc56)cc4)cc(-c4cccnc4)c3)n2)cc1. The van der Waals surface area contributed by atoms with Gasteiger partial charge in [0.15, 0.2) is 23.1 Å². The van der Waals surface area contributed by atoms with Crippen LogP contribution in [0.2, 0.25) is 0 Å². The highest BCUT2D eigenvalue weighted by atomic mass is 16.3. The number of hydrogen-bond donors (Lipinski definition) is 0. The maximum atomic E-state index is 6.22. The largest absolute Gasteiger partial charge is 0.452 e. The van der Waals surface area contributed by atoms with Gasteiger partial charge < -0.3 is 4.42 Å². The van der Waals surface area contributed by atoms with Crippen LogP contribution in [-0.2, 0) is 0 Å². The molecule has 0 radical (unpaired) electrons. The van der Waals surface area contributed by atoms with Crippen molar-refractivity contribution < 1.29 is 4.42 Å². The van der Waals surface area contributed by atoms with Crippen LogP contribution in [0, 0.1) is 0 Å². The Labute approximate surface area is 281 Å². The third kappa shape index (κ3) is 5.39. The first-order valence-corrected chi connectivity index (χ1v) is 15.9. The molecular formula is C42H26N6O. The van der Waals surface area contributed by atoms with Crippen LogP contribution in [0.25, 0.3) is 89.7 Å². The van der Waals surface area contributed by atoms with Crippen LogP contribution in [-0.4, -0.2) is 29.9 Å². The third-order valence-electron chi connectivity index (χ3n) is 8.54. The zero-order chi connectivity index (χ0) is 32.6. The molecule has 0 saturated heterocycles. The average molecular weight is 631 g/mol. The van der Waals surface area contributed by atoms with Crippen LogP contribution < -0.4 is 0 Å². The minimum absolute atomic E-state index is 0.588. The van der Waals surface area contributed by atoms with Gasteiger partial charge in [-0.15, -0.1) is 0 Å². The molecule has 0 aliphatic carbocycles. The van der Waals surface area contributed by atoms with Crippen molar-refractivity contribution in [3.05, 3.63) is 158 Å². The van der Waals surface area contributed by atoms with Crippen LogP contribution in [0.1, 0.15) is 0 Å².